The molecule has 0 N–H and O–H groups in total. The highest BCUT2D eigenvalue weighted by Crippen LogP contribution is 2.25. The van der Waals surface area contributed by atoms with Gasteiger partial charge in [-0.1, -0.05) is 0 Å². The number of rotatable bonds is 4. The lowest BCUT2D eigenvalue weighted by molar-refractivity contribution is -0.154. The van der Waals surface area contributed by atoms with Gasteiger partial charge in [-0.05, 0) is 0 Å². The minimum atomic E-state index is -4.44. The van der Waals surface area contributed by atoms with E-state index in [0.29, 0.717) is 16.9 Å². The highest BCUT2D eigenvalue weighted by molar-refractivity contribution is 7.16. The van der Waals surface area contributed by atoms with Crippen LogP contribution in [0.2, 0.25) is 0 Å². The Morgan fingerprint density at radius 3 is 2.74 bits per heavy atom. The van der Waals surface area contributed by atoms with Gasteiger partial charge in [0.15, 0.2) is 17.9 Å². The Labute approximate surface area is 109 Å². The molecule has 0 atom stereocenters. The summed E-state index contributed by atoms with van der Waals surface area (Å²) in [7, 11) is 0. The summed E-state index contributed by atoms with van der Waals surface area (Å²) in [5.74, 6) is -0.240. The summed E-state index contributed by atoms with van der Waals surface area (Å²) in [6.07, 6.45) is -0.0378. The summed E-state index contributed by atoms with van der Waals surface area (Å²) in [4.78, 5) is 22.4. The first kappa shape index (κ1) is 13.4. The molecule has 0 saturated heterocycles. The van der Waals surface area contributed by atoms with Crippen molar-refractivity contribution >= 4 is 17.6 Å². The van der Waals surface area contributed by atoms with Crippen LogP contribution in [-0.2, 0) is 0 Å². The van der Waals surface area contributed by atoms with Crippen molar-refractivity contribution in [1.82, 2.24) is 15.0 Å². The molecule has 0 radical (unpaired) electrons. The fourth-order valence-corrected chi connectivity index (χ4v) is 1.84. The summed E-state index contributed by atoms with van der Waals surface area (Å²) in [6.45, 7) is -1.44. The lowest BCUT2D eigenvalue weighted by atomic mass is 10.4. The van der Waals surface area contributed by atoms with Crippen molar-refractivity contribution in [2.24, 2.45) is 0 Å². The van der Waals surface area contributed by atoms with Gasteiger partial charge in [-0.2, -0.15) is 13.2 Å². The number of nitrogens with zero attached hydrogens (tertiary/aromatic N) is 3. The fraction of sp³-hybridized carbons (Fsp3) is 0.200. The molecular formula is C10H6F3N3O2S. The monoisotopic (exact) mass is 289 g/mol. The Hall–Kier alpha value is -2.03. The molecule has 0 aliphatic heterocycles. The molecule has 0 aliphatic carbocycles. The van der Waals surface area contributed by atoms with Gasteiger partial charge in [0.05, 0.1) is 17.3 Å². The second-order valence-electron chi connectivity index (χ2n) is 3.33. The van der Waals surface area contributed by atoms with Crippen LogP contribution in [-0.4, -0.2) is 34.0 Å². The van der Waals surface area contributed by atoms with Crippen LogP contribution in [0.3, 0.4) is 0 Å². The van der Waals surface area contributed by atoms with Crippen LogP contribution in [0.5, 0.6) is 5.88 Å². The lowest BCUT2D eigenvalue weighted by Crippen LogP contribution is -2.19. The molecule has 5 nitrogen and oxygen atoms in total. The normalized spacial score (nSPS) is 11.3. The smallest absolute Gasteiger partial charge is 0.422 e. The maximum atomic E-state index is 12.0. The van der Waals surface area contributed by atoms with Gasteiger partial charge in [0, 0.05) is 6.20 Å². The summed E-state index contributed by atoms with van der Waals surface area (Å²) in [5, 5.41) is 0.249. The minimum Gasteiger partial charge on any atom is -0.467 e. The van der Waals surface area contributed by atoms with E-state index in [9.17, 15) is 18.0 Å². The summed E-state index contributed by atoms with van der Waals surface area (Å²) in [5.41, 5.74) is 0.297. The number of aromatic nitrogens is 3. The molecule has 0 aromatic carbocycles. The van der Waals surface area contributed by atoms with Crippen molar-refractivity contribution in [3.05, 3.63) is 23.6 Å². The average Bonchev–Trinajstić information content (AvgIpc) is 2.85. The number of carbonyl (C=O) groups excluding carboxylic acids is 1. The Bertz CT molecular complexity index is 585. The molecule has 100 valence electrons. The van der Waals surface area contributed by atoms with Crippen molar-refractivity contribution in [2.45, 2.75) is 6.18 Å². The van der Waals surface area contributed by atoms with E-state index in [4.69, 9.17) is 0 Å². The second-order valence-corrected chi connectivity index (χ2v) is 4.39. The molecule has 2 rings (SSSR count). The van der Waals surface area contributed by atoms with Gasteiger partial charge in [0.1, 0.15) is 5.69 Å². The van der Waals surface area contributed by atoms with Gasteiger partial charge in [-0.15, -0.1) is 11.3 Å². The molecule has 9 heteroatoms. The fourth-order valence-electron chi connectivity index (χ4n) is 1.15. The predicted octanol–water partition coefficient (Wildman–Crippen LogP) is 2.35. The van der Waals surface area contributed by atoms with Crippen molar-refractivity contribution in [2.75, 3.05) is 6.61 Å². The van der Waals surface area contributed by atoms with Gasteiger partial charge in [-0.25, -0.2) is 9.97 Å². The zero-order valence-corrected chi connectivity index (χ0v) is 10.0. The molecule has 0 spiro atoms. The first-order chi connectivity index (χ1) is 8.98. The highest BCUT2D eigenvalue weighted by atomic mass is 32.1. The molecular weight excluding hydrogens is 283 g/mol. The highest BCUT2D eigenvalue weighted by Gasteiger charge is 2.28. The van der Waals surface area contributed by atoms with Crippen molar-refractivity contribution in [3.63, 3.8) is 0 Å². The predicted molar refractivity (Wildman–Crippen MR) is 60.1 cm³/mol. The summed E-state index contributed by atoms with van der Waals surface area (Å²) in [6, 6.07) is 0. The summed E-state index contributed by atoms with van der Waals surface area (Å²) < 4.78 is 40.5. The topological polar surface area (TPSA) is 65.0 Å². The van der Waals surface area contributed by atoms with Crippen LogP contribution in [0.25, 0.3) is 10.6 Å². The Morgan fingerprint density at radius 1 is 1.32 bits per heavy atom. The second kappa shape index (κ2) is 5.31. The summed E-state index contributed by atoms with van der Waals surface area (Å²) >= 11 is 1.06. The number of hydrogen-bond acceptors (Lipinski definition) is 6. The third-order valence-corrected chi connectivity index (χ3v) is 2.82. The van der Waals surface area contributed by atoms with Gasteiger partial charge < -0.3 is 4.74 Å². The van der Waals surface area contributed by atoms with E-state index in [-0.39, 0.29) is 10.9 Å². The molecule has 0 aliphatic rings. The lowest BCUT2D eigenvalue weighted by Gasteiger charge is -2.08. The number of thiazole rings is 1. The number of carbonyl (C=O) groups is 1. The van der Waals surface area contributed by atoms with E-state index in [1.54, 1.807) is 0 Å². The molecule has 0 saturated carbocycles. The van der Waals surface area contributed by atoms with Gasteiger partial charge >= 0.3 is 6.18 Å². The number of ether oxygens (including phenoxy) is 1. The van der Waals surface area contributed by atoms with E-state index in [1.165, 1.54) is 12.4 Å². The average molecular weight is 289 g/mol. The number of alkyl halides is 3. The van der Waals surface area contributed by atoms with Gasteiger partial charge in [0.2, 0.25) is 5.88 Å². The molecule has 2 aromatic heterocycles. The van der Waals surface area contributed by atoms with Crippen LogP contribution in [0.1, 0.15) is 9.80 Å². The molecule has 19 heavy (non-hydrogen) atoms. The number of halogens is 3. The standard InChI is InChI=1S/C10H6F3N3O2S/c11-10(12,13)5-18-8-3-14-1-6(16-8)7-2-15-9(4-17)19-7/h1-4H,5H2. The largest absolute Gasteiger partial charge is 0.467 e. The Morgan fingerprint density at radius 2 is 2.11 bits per heavy atom. The minimum absolute atomic E-state index is 0.240. The maximum Gasteiger partial charge on any atom is 0.422 e. The van der Waals surface area contributed by atoms with Crippen LogP contribution in [0.15, 0.2) is 18.6 Å². The third-order valence-electron chi connectivity index (χ3n) is 1.87. The van der Waals surface area contributed by atoms with Crippen molar-refractivity contribution in [3.8, 4) is 16.5 Å². The van der Waals surface area contributed by atoms with E-state index >= 15 is 0 Å². The molecule has 2 aromatic rings. The number of hydrogen-bond donors (Lipinski definition) is 0. The molecule has 0 bridgehead atoms. The molecule has 0 amide bonds. The van der Waals surface area contributed by atoms with Crippen molar-refractivity contribution < 1.29 is 22.7 Å². The van der Waals surface area contributed by atoms with Crippen LogP contribution < -0.4 is 4.74 Å². The Balaban J connectivity index is 2.17. The zero-order chi connectivity index (χ0) is 13.9. The first-order valence-corrected chi connectivity index (χ1v) is 5.72. The van der Waals surface area contributed by atoms with Crippen LogP contribution in [0.4, 0.5) is 13.2 Å². The number of aldehydes is 1. The van der Waals surface area contributed by atoms with E-state index in [1.807, 2.05) is 0 Å². The third kappa shape index (κ3) is 3.71. The Kier molecular flexibility index (Phi) is 3.74. The molecule has 0 unspecified atom stereocenters. The quantitative estimate of drug-likeness (QED) is 0.808. The SMILES string of the molecule is O=Cc1ncc(-c2cncc(OCC(F)(F)F)n2)s1. The van der Waals surface area contributed by atoms with Gasteiger partial charge in [0.25, 0.3) is 0 Å². The van der Waals surface area contributed by atoms with E-state index in [0.717, 1.165) is 17.5 Å². The van der Waals surface area contributed by atoms with Crippen molar-refractivity contribution in [1.29, 1.82) is 0 Å². The molecule has 2 heterocycles. The maximum absolute atomic E-state index is 12.0. The molecule has 0 fully saturated rings. The first-order valence-electron chi connectivity index (χ1n) is 4.91. The zero-order valence-electron chi connectivity index (χ0n) is 9.22. The van der Waals surface area contributed by atoms with Crippen LogP contribution >= 0.6 is 11.3 Å². The van der Waals surface area contributed by atoms with E-state index in [2.05, 4.69) is 19.7 Å². The van der Waals surface area contributed by atoms with Gasteiger partial charge in [-0.3, -0.25) is 9.78 Å². The van der Waals surface area contributed by atoms with Crippen LogP contribution in [0, 0.1) is 0 Å². The van der Waals surface area contributed by atoms with E-state index < -0.39 is 12.8 Å².